The van der Waals surface area contributed by atoms with Crippen LogP contribution in [0, 0.1) is 0 Å². The summed E-state index contributed by atoms with van der Waals surface area (Å²) < 4.78 is 0. The van der Waals surface area contributed by atoms with E-state index in [0.29, 0.717) is 5.02 Å². The molecule has 8 rings (SSSR count). The van der Waals surface area contributed by atoms with Crippen molar-refractivity contribution in [3.8, 4) is 0 Å². The first kappa shape index (κ1) is 35.6. The third-order valence-corrected chi connectivity index (χ3v) is 10.2. The van der Waals surface area contributed by atoms with Gasteiger partial charge in [0.1, 0.15) is 0 Å². The number of hydrogen-bond acceptors (Lipinski definition) is 8. The molecule has 0 atom stereocenters. The van der Waals surface area contributed by atoms with Crippen molar-refractivity contribution in [1.29, 1.82) is 0 Å². The highest BCUT2D eigenvalue weighted by Gasteiger charge is 2.39. The number of amides is 2. The first-order valence-electron chi connectivity index (χ1n) is 16.5. The highest BCUT2D eigenvalue weighted by molar-refractivity contribution is 6.37. The summed E-state index contributed by atoms with van der Waals surface area (Å²) in [6.45, 7) is 0. The summed E-state index contributed by atoms with van der Waals surface area (Å²) in [5.74, 6) is 3.31. The molecule has 0 saturated heterocycles. The molecule has 10 nitrogen and oxygen atoms in total. The molecule has 0 bridgehead atoms. The Bertz CT molecular complexity index is 2730. The number of carbonyl (C=O) groups is 6. The number of halogens is 3. The maximum absolute atomic E-state index is 14.4. The molecule has 0 radical (unpaired) electrons. The van der Waals surface area contributed by atoms with Crippen molar-refractivity contribution >= 4 is 92.5 Å². The van der Waals surface area contributed by atoms with Crippen molar-refractivity contribution in [2.45, 2.75) is 0 Å². The van der Waals surface area contributed by atoms with Crippen molar-refractivity contribution in [1.82, 2.24) is 0 Å². The van der Waals surface area contributed by atoms with Gasteiger partial charge in [-0.15, -0.1) is 0 Å². The molecule has 2 aliphatic rings. The molecule has 6 aromatic carbocycles. The van der Waals surface area contributed by atoms with Gasteiger partial charge in [0.05, 0.1) is 55.6 Å². The second-order valence-corrected chi connectivity index (χ2v) is 13.9. The number of ketones is 4. The Morgan fingerprint density at radius 2 is 0.909 bits per heavy atom. The molecule has 13 heteroatoms. The van der Waals surface area contributed by atoms with Gasteiger partial charge < -0.3 is 10.6 Å². The number of fused-ring (bicyclic) bond motifs is 4. The van der Waals surface area contributed by atoms with Gasteiger partial charge in [0, 0.05) is 37.9 Å². The zero-order valence-electron chi connectivity index (χ0n) is 28.1. The van der Waals surface area contributed by atoms with Crippen LogP contribution in [0.2, 0.25) is 15.1 Å². The van der Waals surface area contributed by atoms with E-state index in [4.69, 9.17) is 40.6 Å². The summed E-state index contributed by atoms with van der Waals surface area (Å²) in [5.41, 5.74) is 0.138. The van der Waals surface area contributed by atoms with Crippen LogP contribution in [0.5, 0.6) is 0 Å². The number of nitrogens with two attached hydrogens (primary N) is 1. The summed E-state index contributed by atoms with van der Waals surface area (Å²) in [4.78, 5) is 83.9. The number of nitrogens with one attached hydrogen (secondary N) is 2. The maximum Gasteiger partial charge on any atom is 0.257 e. The minimum atomic E-state index is -0.695. The normalized spacial score (nSPS) is 12.7. The molecule has 4 N–H and O–H groups in total. The Balaban J connectivity index is 1.29. The van der Waals surface area contributed by atoms with Crippen LogP contribution < -0.4 is 21.5 Å². The van der Waals surface area contributed by atoms with E-state index in [1.165, 1.54) is 78.9 Å². The van der Waals surface area contributed by atoms with Crippen LogP contribution in [0.25, 0.3) is 0 Å². The summed E-state index contributed by atoms with van der Waals surface area (Å²) in [5, 5.41) is 7.26. The van der Waals surface area contributed by atoms with Gasteiger partial charge >= 0.3 is 0 Å². The Hall–Kier alpha value is -6.43. The lowest BCUT2D eigenvalue weighted by Gasteiger charge is -2.30. The smallest absolute Gasteiger partial charge is 0.257 e. The molecule has 0 aliphatic heterocycles. The molecular formula is C42H23Cl3N4O6. The molecule has 0 spiro atoms. The number of rotatable bonds is 6. The maximum atomic E-state index is 14.4. The van der Waals surface area contributed by atoms with Crippen LogP contribution in [-0.4, -0.2) is 34.9 Å². The number of carbonyl (C=O) groups excluding carboxylic acids is 6. The Labute approximate surface area is 327 Å². The first-order valence-corrected chi connectivity index (χ1v) is 17.7. The molecule has 2 aliphatic carbocycles. The van der Waals surface area contributed by atoms with E-state index in [1.807, 2.05) is 0 Å². The van der Waals surface area contributed by atoms with Crippen molar-refractivity contribution in [2.24, 2.45) is 5.84 Å². The van der Waals surface area contributed by atoms with Gasteiger partial charge in [-0.3, -0.25) is 33.8 Å². The van der Waals surface area contributed by atoms with Crippen LogP contribution >= 0.6 is 34.8 Å². The third kappa shape index (κ3) is 5.98. The Kier molecular flexibility index (Phi) is 8.91. The molecule has 0 fully saturated rings. The highest BCUT2D eigenvalue weighted by Crippen LogP contribution is 2.43. The zero-order valence-corrected chi connectivity index (χ0v) is 30.3. The predicted molar refractivity (Wildman–Crippen MR) is 210 cm³/mol. The number of hydrogen-bond donors (Lipinski definition) is 3. The van der Waals surface area contributed by atoms with Crippen LogP contribution in [0.15, 0.2) is 115 Å². The van der Waals surface area contributed by atoms with E-state index in [9.17, 15) is 28.8 Å². The summed E-state index contributed by atoms with van der Waals surface area (Å²) in [6, 6.07) is 28.6. The molecule has 0 aromatic heterocycles. The van der Waals surface area contributed by atoms with E-state index in [2.05, 4.69) is 10.6 Å². The molecular weight excluding hydrogens is 763 g/mol. The highest BCUT2D eigenvalue weighted by atomic mass is 35.5. The third-order valence-electron chi connectivity index (χ3n) is 9.40. The monoisotopic (exact) mass is 784 g/mol. The van der Waals surface area contributed by atoms with Gasteiger partial charge in [-0.2, -0.15) is 0 Å². The fourth-order valence-corrected chi connectivity index (χ4v) is 7.31. The minimum absolute atomic E-state index is 0.00357. The van der Waals surface area contributed by atoms with Crippen LogP contribution in [0.3, 0.4) is 0 Å². The summed E-state index contributed by atoms with van der Waals surface area (Å²) >= 11 is 18.4. The van der Waals surface area contributed by atoms with E-state index < -0.39 is 34.9 Å². The van der Waals surface area contributed by atoms with E-state index in [1.54, 1.807) is 36.4 Å². The standard InChI is InChI=1S/C42H23Cl3N4O6/c43-21-11-9-20(10-12-21)41(54)47-29-15-17-31(35-33(29)37(50)23-5-1-3-7-25(23)39(35)52)49(46)32-18-16-30(48-42(55)27-19-22(44)13-14-28(27)45)34-36(32)40(53)26-8-4-2-6-24(26)38(34)51/h1-19H,46H2,(H,47,54)(H,48,55). The fraction of sp³-hybridized carbons (Fsp3) is 0. The Morgan fingerprint density at radius 1 is 0.491 bits per heavy atom. The summed E-state index contributed by atoms with van der Waals surface area (Å²) in [6.07, 6.45) is 0. The van der Waals surface area contributed by atoms with Crippen LogP contribution in [-0.2, 0) is 0 Å². The van der Waals surface area contributed by atoms with E-state index in [-0.39, 0.29) is 88.4 Å². The van der Waals surface area contributed by atoms with E-state index in [0.717, 1.165) is 5.01 Å². The van der Waals surface area contributed by atoms with Crippen molar-refractivity contribution < 1.29 is 28.8 Å². The van der Waals surface area contributed by atoms with Crippen LogP contribution in [0.1, 0.15) is 84.4 Å². The van der Waals surface area contributed by atoms with Gasteiger partial charge in [0.25, 0.3) is 11.8 Å². The largest absolute Gasteiger partial charge is 0.321 e. The molecule has 55 heavy (non-hydrogen) atoms. The predicted octanol–water partition coefficient (Wildman–Crippen LogP) is 8.71. The fourth-order valence-electron chi connectivity index (χ4n) is 6.81. The average Bonchev–Trinajstić information content (AvgIpc) is 3.19. The van der Waals surface area contributed by atoms with Gasteiger partial charge in [-0.05, 0) is 66.7 Å². The lowest BCUT2D eigenvalue weighted by molar-refractivity contribution is 0.0978. The second-order valence-electron chi connectivity index (χ2n) is 12.6. The van der Waals surface area contributed by atoms with Crippen molar-refractivity contribution in [3.63, 3.8) is 0 Å². The molecule has 268 valence electrons. The second kappa shape index (κ2) is 13.8. The molecule has 0 unspecified atom stereocenters. The molecule has 0 saturated carbocycles. The molecule has 0 heterocycles. The zero-order chi connectivity index (χ0) is 38.7. The van der Waals surface area contributed by atoms with E-state index >= 15 is 0 Å². The lowest BCUT2D eigenvalue weighted by atomic mass is 9.81. The van der Waals surface area contributed by atoms with Gasteiger partial charge in [-0.1, -0.05) is 83.3 Å². The van der Waals surface area contributed by atoms with Crippen LogP contribution in [0.4, 0.5) is 22.7 Å². The SMILES string of the molecule is NN(c1ccc(NC(=O)c2ccc(Cl)cc2)c2c1C(=O)c1ccccc1C2=O)c1ccc(NC(=O)c2cc(Cl)ccc2Cl)c2c1C(=O)c1ccccc1C2=O. The minimum Gasteiger partial charge on any atom is -0.321 e. The topological polar surface area (TPSA) is 156 Å². The lowest BCUT2D eigenvalue weighted by Crippen LogP contribution is -2.34. The van der Waals surface area contributed by atoms with Crippen molar-refractivity contribution in [2.75, 3.05) is 15.6 Å². The summed E-state index contributed by atoms with van der Waals surface area (Å²) in [7, 11) is 0. The van der Waals surface area contributed by atoms with Gasteiger partial charge in [0.2, 0.25) is 0 Å². The molecule has 6 aromatic rings. The van der Waals surface area contributed by atoms with Crippen molar-refractivity contribution in [3.05, 3.63) is 186 Å². The number of anilines is 4. The number of nitrogens with zero attached hydrogens (tertiary/aromatic N) is 1. The van der Waals surface area contributed by atoms with Gasteiger partial charge in [-0.25, -0.2) is 5.84 Å². The Morgan fingerprint density at radius 3 is 1.38 bits per heavy atom. The average molecular weight is 786 g/mol. The van der Waals surface area contributed by atoms with Gasteiger partial charge in [0.15, 0.2) is 23.1 Å². The number of hydrazine groups is 1. The first-order chi connectivity index (χ1) is 26.4. The number of benzene rings is 6. The quantitative estimate of drug-likeness (QED) is 0.112. The molecule has 2 amide bonds.